The van der Waals surface area contributed by atoms with E-state index >= 15 is 0 Å². The number of halogens is 2. The van der Waals surface area contributed by atoms with Crippen molar-refractivity contribution in [2.75, 3.05) is 23.3 Å². The standard InChI is InChI=1S/C29H23F2N5O3S/c1-2-22(37)35-13-5-7-17(15-35)33-27(38)26-25-23-21(11-12-32-28(23)40-26)36(29(39)34-25)18-8-3-6-16(14-18)19-9-4-10-20(30)24(19)31/h2-4,6,8-12,14,17H,1,5,7,13,15H2,(H,33,38)(H,34,39)/t17-/m1/s1. The molecule has 4 amide bonds. The minimum atomic E-state index is -0.972. The number of piperidine rings is 1. The number of pyridine rings is 1. The molecule has 4 heterocycles. The number of carbonyl (C=O) groups is 3. The molecule has 1 fully saturated rings. The maximum Gasteiger partial charge on any atom is 0.331 e. The summed E-state index contributed by atoms with van der Waals surface area (Å²) in [6.07, 6.45) is 4.29. The van der Waals surface area contributed by atoms with Crippen LogP contribution in [-0.2, 0) is 4.79 Å². The van der Waals surface area contributed by atoms with Gasteiger partial charge >= 0.3 is 6.03 Å². The summed E-state index contributed by atoms with van der Waals surface area (Å²) in [6.45, 7) is 4.52. The van der Waals surface area contributed by atoms with Crippen molar-refractivity contribution in [1.82, 2.24) is 15.2 Å². The first kappa shape index (κ1) is 25.6. The van der Waals surface area contributed by atoms with Crippen molar-refractivity contribution in [3.8, 4) is 11.1 Å². The van der Waals surface area contributed by atoms with Crippen LogP contribution in [0.4, 0.5) is 30.6 Å². The first-order valence-electron chi connectivity index (χ1n) is 12.6. The van der Waals surface area contributed by atoms with Crippen LogP contribution in [0.5, 0.6) is 0 Å². The Labute approximate surface area is 231 Å². The second kappa shape index (κ2) is 10.2. The number of urea groups is 1. The summed E-state index contributed by atoms with van der Waals surface area (Å²) < 4.78 is 28.4. The summed E-state index contributed by atoms with van der Waals surface area (Å²) in [5, 5.41) is 6.44. The van der Waals surface area contributed by atoms with E-state index in [1.807, 2.05) is 0 Å². The van der Waals surface area contributed by atoms with Gasteiger partial charge < -0.3 is 15.5 Å². The molecule has 2 N–H and O–H groups in total. The minimum Gasteiger partial charge on any atom is -0.347 e. The molecule has 8 nitrogen and oxygen atoms in total. The lowest BCUT2D eigenvalue weighted by atomic mass is 10.0. The quantitative estimate of drug-likeness (QED) is 0.301. The number of hydrogen-bond donors (Lipinski definition) is 2. The van der Waals surface area contributed by atoms with Crippen molar-refractivity contribution >= 4 is 56.5 Å². The smallest absolute Gasteiger partial charge is 0.331 e. The lowest BCUT2D eigenvalue weighted by Gasteiger charge is -2.32. The zero-order chi connectivity index (χ0) is 28.0. The van der Waals surface area contributed by atoms with Crippen LogP contribution < -0.4 is 15.5 Å². The predicted molar refractivity (Wildman–Crippen MR) is 150 cm³/mol. The first-order chi connectivity index (χ1) is 19.4. The van der Waals surface area contributed by atoms with Gasteiger partial charge in [0.1, 0.15) is 9.71 Å². The fourth-order valence-electron chi connectivity index (χ4n) is 5.22. The first-order valence-corrected chi connectivity index (χ1v) is 13.5. The Morgan fingerprint density at radius 2 is 2.00 bits per heavy atom. The largest absolute Gasteiger partial charge is 0.347 e. The highest BCUT2D eigenvalue weighted by molar-refractivity contribution is 7.21. The van der Waals surface area contributed by atoms with Crippen LogP contribution in [0.3, 0.4) is 0 Å². The zero-order valence-electron chi connectivity index (χ0n) is 21.1. The van der Waals surface area contributed by atoms with Crippen LogP contribution in [0, 0.1) is 11.6 Å². The summed E-state index contributed by atoms with van der Waals surface area (Å²) in [6, 6.07) is 11.5. The molecule has 0 unspecified atom stereocenters. The average molecular weight is 560 g/mol. The van der Waals surface area contributed by atoms with Crippen molar-refractivity contribution in [2.45, 2.75) is 18.9 Å². The third-order valence-electron chi connectivity index (χ3n) is 7.06. The molecule has 2 aliphatic heterocycles. The summed E-state index contributed by atoms with van der Waals surface area (Å²) in [5.41, 5.74) is 1.79. The third-order valence-corrected chi connectivity index (χ3v) is 8.16. The van der Waals surface area contributed by atoms with Gasteiger partial charge in [0.15, 0.2) is 11.6 Å². The maximum absolute atomic E-state index is 14.5. The molecule has 40 heavy (non-hydrogen) atoms. The summed E-state index contributed by atoms with van der Waals surface area (Å²) in [5.74, 6) is -2.48. The van der Waals surface area contributed by atoms with Crippen LogP contribution in [-0.4, -0.2) is 46.9 Å². The molecule has 4 aromatic rings. The molecule has 0 radical (unpaired) electrons. The Morgan fingerprint density at radius 1 is 1.18 bits per heavy atom. The van der Waals surface area contributed by atoms with Crippen LogP contribution in [0.25, 0.3) is 21.3 Å². The number of nitrogens with zero attached hydrogens (tertiary/aromatic N) is 3. The number of anilines is 3. The normalized spacial score (nSPS) is 16.6. The van der Waals surface area contributed by atoms with E-state index in [-0.39, 0.29) is 23.4 Å². The zero-order valence-corrected chi connectivity index (χ0v) is 21.9. The van der Waals surface area contributed by atoms with Gasteiger partial charge in [-0.1, -0.05) is 30.8 Å². The van der Waals surface area contributed by atoms with Crippen LogP contribution in [0.1, 0.15) is 22.5 Å². The van der Waals surface area contributed by atoms with E-state index < -0.39 is 17.7 Å². The number of aromatic nitrogens is 1. The fraction of sp³-hybridized carbons (Fsp3) is 0.172. The number of benzene rings is 2. The lowest BCUT2D eigenvalue weighted by Crippen LogP contribution is -2.49. The molecule has 0 saturated carbocycles. The fourth-order valence-corrected chi connectivity index (χ4v) is 6.24. The second-order valence-corrected chi connectivity index (χ2v) is 10.5. The molecular formula is C29H23F2N5O3S. The van der Waals surface area contributed by atoms with Crippen LogP contribution >= 0.6 is 11.3 Å². The van der Waals surface area contributed by atoms with E-state index in [2.05, 4.69) is 22.2 Å². The van der Waals surface area contributed by atoms with E-state index in [9.17, 15) is 23.2 Å². The summed E-state index contributed by atoms with van der Waals surface area (Å²) in [4.78, 5) is 47.3. The Kier molecular flexibility index (Phi) is 6.51. The molecule has 6 rings (SSSR count). The Hall–Kier alpha value is -4.64. The van der Waals surface area contributed by atoms with E-state index in [4.69, 9.17) is 0 Å². The van der Waals surface area contributed by atoms with Crippen LogP contribution in [0.2, 0.25) is 0 Å². The molecule has 1 saturated heterocycles. The summed E-state index contributed by atoms with van der Waals surface area (Å²) in [7, 11) is 0. The number of carbonyl (C=O) groups excluding carboxylic acids is 3. The molecule has 1 atom stereocenters. The maximum atomic E-state index is 14.5. The number of nitrogens with one attached hydrogen (secondary N) is 2. The van der Waals surface area contributed by atoms with E-state index in [0.717, 1.165) is 30.2 Å². The van der Waals surface area contributed by atoms with Crippen molar-refractivity contribution in [3.05, 3.63) is 83.9 Å². The minimum absolute atomic E-state index is 0.0744. The van der Waals surface area contributed by atoms with Gasteiger partial charge in [0.25, 0.3) is 5.91 Å². The highest BCUT2D eigenvalue weighted by Crippen LogP contribution is 2.46. The van der Waals surface area contributed by atoms with E-state index in [1.54, 1.807) is 41.4 Å². The molecule has 202 valence electrons. The topological polar surface area (TPSA) is 94.6 Å². The molecule has 2 aliphatic rings. The van der Waals surface area contributed by atoms with E-state index in [1.165, 1.54) is 23.1 Å². The van der Waals surface area contributed by atoms with Crippen molar-refractivity contribution < 1.29 is 23.2 Å². The molecule has 2 aromatic carbocycles. The van der Waals surface area contributed by atoms with Gasteiger partial charge in [-0.3, -0.25) is 14.5 Å². The Balaban J connectivity index is 1.34. The molecule has 2 aromatic heterocycles. The monoisotopic (exact) mass is 559 g/mol. The molecule has 11 heteroatoms. The second-order valence-electron chi connectivity index (χ2n) is 9.53. The van der Waals surface area contributed by atoms with Gasteiger partial charge in [-0.25, -0.2) is 18.6 Å². The van der Waals surface area contributed by atoms with Gasteiger partial charge in [0.2, 0.25) is 5.91 Å². The van der Waals surface area contributed by atoms with Gasteiger partial charge in [0.05, 0.1) is 22.4 Å². The van der Waals surface area contributed by atoms with Gasteiger partial charge in [-0.2, -0.15) is 0 Å². The highest BCUT2D eigenvalue weighted by Gasteiger charge is 2.34. The highest BCUT2D eigenvalue weighted by atomic mass is 32.1. The predicted octanol–water partition coefficient (Wildman–Crippen LogP) is 5.83. The van der Waals surface area contributed by atoms with Crippen molar-refractivity contribution in [2.24, 2.45) is 0 Å². The Bertz CT molecular complexity index is 1700. The number of likely N-dealkylation sites (tertiary alicyclic amines) is 1. The number of rotatable bonds is 5. The van der Waals surface area contributed by atoms with Gasteiger partial charge in [0, 0.05) is 30.9 Å². The summed E-state index contributed by atoms with van der Waals surface area (Å²) >= 11 is 1.16. The SMILES string of the molecule is C=CC(=O)N1CCC[C@@H](NC(=O)c2sc3nccc4c3c2NC(=O)N4c2cccc(-c3cccc(F)c3F)c2)C1. The lowest BCUT2D eigenvalue weighted by molar-refractivity contribution is -0.127. The molecule has 0 spiro atoms. The number of amides is 4. The number of thiophene rings is 1. The van der Waals surface area contributed by atoms with Crippen molar-refractivity contribution in [3.63, 3.8) is 0 Å². The molecular weight excluding hydrogens is 536 g/mol. The molecule has 0 aliphatic carbocycles. The third kappa shape index (κ3) is 4.37. The van der Waals surface area contributed by atoms with Gasteiger partial charge in [-0.15, -0.1) is 11.3 Å². The number of hydrogen-bond acceptors (Lipinski definition) is 5. The molecule has 0 bridgehead atoms. The van der Waals surface area contributed by atoms with Crippen LogP contribution in [0.15, 0.2) is 67.4 Å². The van der Waals surface area contributed by atoms with E-state index in [0.29, 0.717) is 50.8 Å². The van der Waals surface area contributed by atoms with Gasteiger partial charge in [-0.05, 0) is 48.7 Å². The van der Waals surface area contributed by atoms with Crippen molar-refractivity contribution in [1.29, 1.82) is 0 Å². The average Bonchev–Trinajstić information content (AvgIpc) is 3.34. The Morgan fingerprint density at radius 3 is 2.83 bits per heavy atom.